The van der Waals surface area contributed by atoms with Crippen molar-refractivity contribution in [3.8, 4) is 0 Å². The van der Waals surface area contributed by atoms with Gasteiger partial charge in [-0.3, -0.25) is 4.79 Å². The molecule has 1 heterocycles. The average molecular weight is 336 g/mol. The molecule has 0 bridgehead atoms. The highest BCUT2D eigenvalue weighted by atomic mass is 79.9. The standard InChI is InChI=1S/C15H8BrF2NO/c16-13-3-1-8(17)6-11(13)15(20)12-7-19-14-4-2-9(18)5-10(12)14/h1-7,19H. The zero-order chi connectivity index (χ0) is 14.3. The summed E-state index contributed by atoms with van der Waals surface area (Å²) in [5.41, 5.74) is 1.17. The van der Waals surface area contributed by atoms with E-state index in [1.165, 1.54) is 30.5 Å². The Morgan fingerprint density at radius 1 is 1.00 bits per heavy atom. The summed E-state index contributed by atoms with van der Waals surface area (Å²) in [6.07, 6.45) is 1.50. The Bertz CT molecular complexity index is 826. The van der Waals surface area contributed by atoms with E-state index in [9.17, 15) is 13.6 Å². The number of aromatic amines is 1. The fraction of sp³-hybridized carbons (Fsp3) is 0. The molecular weight excluding hydrogens is 328 g/mol. The number of fused-ring (bicyclic) bond motifs is 1. The molecule has 0 spiro atoms. The molecule has 2 nitrogen and oxygen atoms in total. The molecule has 100 valence electrons. The van der Waals surface area contributed by atoms with Gasteiger partial charge in [-0.05, 0) is 36.4 Å². The summed E-state index contributed by atoms with van der Waals surface area (Å²) in [5.74, 6) is -1.29. The molecule has 0 radical (unpaired) electrons. The molecule has 0 fully saturated rings. The van der Waals surface area contributed by atoms with Crippen molar-refractivity contribution in [3.05, 3.63) is 69.8 Å². The fourth-order valence-corrected chi connectivity index (χ4v) is 2.52. The minimum atomic E-state index is -0.498. The highest BCUT2D eigenvalue weighted by Crippen LogP contribution is 2.26. The lowest BCUT2D eigenvalue weighted by molar-refractivity contribution is 0.103. The Morgan fingerprint density at radius 3 is 2.50 bits per heavy atom. The van der Waals surface area contributed by atoms with Gasteiger partial charge >= 0.3 is 0 Å². The largest absolute Gasteiger partial charge is 0.360 e. The molecule has 0 saturated heterocycles. The van der Waals surface area contributed by atoms with Gasteiger partial charge in [0.2, 0.25) is 0 Å². The number of carbonyl (C=O) groups is 1. The smallest absolute Gasteiger partial charge is 0.196 e. The van der Waals surface area contributed by atoms with Gasteiger partial charge in [-0.25, -0.2) is 8.78 Å². The number of hydrogen-bond donors (Lipinski definition) is 1. The Hall–Kier alpha value is -2.01. The molecule has 1 N–H and O–H groups in total. The third-order valence-electron chi connectivity index (χ3n) is 3.06. The molecule has 3 rings (SSSR count). The molecule has 20 heavy (non-hydrogen) atoms. The van der Waals surface area contributed by atoms with Crippen molar-refractivity contribution in [3.63, 3.8) is 0 Å². The summed E-state index contributed by atoms with van der Waals surface area (Å²) in [6.45, 7) is 0. The molecule has 0 aliphatic carbocycles. The lowest BCUT2D eigenvalue weighted by Crippen LogP contribution is -2.02. The lowest BCUT2D eigenvalue weighted by atomic mass is 10.0. The van der Waals surface area contributed by atoms with Crippen LogP contribution in [0, 0.1) is 11.6 Å². The Labute approximate surface area is 121 Å². The summed E-state index contributed by atoms with van der Waals surface area (Å²) in [7, 11) is 0. The van der Waals surface area contributed by atoms with E-state index in [-0.39, 0.29) is 11.3 Å². The van der Waals surface area contributed by atoms with Crippen molar-refractivity contribution < 1.29 is 13.6 Å². The van der Waals surface area contributed by atoms with E-state index in [0.29, 0.717) is 20.9 Å². The first kappa shape index (κ1) is 13.0. The van der Waals surface area contributed by atoms with Gasteiger partial charge in [0.05, 0.1) is 0 Å². The number of benzene rings is 2. The molecule has 0 aliphatic rings. The highest BCUT2D eigenvalue weighted by molar-refractivity contribution is 9.10. The van der Waals surface area contributed by atoms with Crippen molar-refractivity contribution in [1.29, 1.82) is 0 Å². The van der Waals surface area contributed by atoms with Crippen LogP contribution in [0.15, 0.2) is 47.1 Å². The first-order valence-electron chi connectivity index (χ1n) is 5.82. The third kappa shape index (κ3) is 2.14. The third-order valence-corrected chi connectivity index (χ3v) is 3.75. The summed E-state index contributed by atoms with van der Waals surface area (Å²) in [5, 5.41) is 0.478. The van der Waals surface area contributed by atoms with Gasteiger partial charge < -0.3 is 4.98 Å². The van der Waals surface area contributed by atoms with Crippen LogP contribution in [0.3, 0.4) is 0 Å². The van der Waals surface area contributed by atoms with E-state index < -0.39 is 11.6 Å². The first-order valence-corrected chi connectivity index (χ1v) is 6.62. The molecule has 0 unspecified atom stereocenters. The van der Waals surface area contributed by atoms with Crippen LogP contribution in [0.5, 0.6) is 0 Å². The molecule has 0 aliphatic heterocycles. The number of rotatable bonds is 2. The lowest BCUT2D eigenvalue weighted by Gasteiger charge is -2.03. The number of aromatic nitrogens is 1. The van der Waals surface area contributed by atoms with Gasteiger partial charge in [0.1, 0.15) is 11.6 Å². The van der Waals surface area contributed by atoms with Crippen LogP contribution >= 0.6 is 15.9 Å². The molecule has 5 heteroatoms. The minimum Gasteiger partial charge on any atom is -0.360 e. The number of halogens is 3. The van der Waals surface area contributed by atoms with Gasteiger partial charge in [-0.1, -0.05) is 15.9 Å². The molecule has 0 amide bonds. The van der Waals surface area contributed by atoms with E-state index in [0.717, 1.165) is 6.07 Å². The van der Waals surface area contributed by atoms with E-state index in [1.54, 1.807) is 6.07 Å². The van der Waals surface area contributed by atoms with Crippen LogP contribution in [0.1, 0.15) is 15.9 Å². The Morgan fingerprint density at radius 2 is 1.70 bits per heavy atom. The van der Waals surface area contributed by atoms with Crippen LogP contribution in [-0.2, 0) is 0 Å². The van der Waals surface area contributed by atoms with Gasteiger partial charge in [-0.2, -0.15) is 0 Å². The second-order valence-electron chi connectivity index (χ2n) is 4.35. The average Bonchev–Trinajstić information content (AvgIpc) is 2.83. The fourth-order valence-electron chi connectivity index (χ4n) is 2.10. The summed E-state index contributed by atoms with van der Waals surface area (Å²) < 4.78 is 27.1. The van der Waals surface area contributed by atoms with Crippen molar-refractivity contribution in [2.24, 2.45) is 0 Å². The quantitative estimate of drug-likeness (QED) is 0.690. The predicted octanol–water partition coefficient (Wildman–Crippen LogP) is 4.44. The van der Waals surface area contributed by atoms with Crippen LogP contribution in [0.4, 0.5) is 8.78 Å². The monoisotopic (exact) mass is 335 g/mol. The molecular formula is C15H8BrF2NO. The van der Waals surface area contributed by atoms with Crippen molar-refractivity contribution >= 4 is 32.6 Å². The molecule has 0 saturated carbocycles. The highest BCUT2D eigenvalue weighted by Gasteiger charge is 2.17. The maximum atomic E-state index is 13.3. The molecule has 1 aromatic heterocycles. The first-order chi connectivity index (χ1) is 9.56. The zero-order valence-corrected chi connectivity index (χ0v) is 11.7. The second kappa shape index (κ2) is 4.83. The van der Waals surface area contributed by atoms with Crippen LogP contribution in [-0.4, -0.2) is 10.8 Å². The van der Waals surface area contributed by atoms with Crippen molar-refractivity contribution in [1.82, 2.24) is 4.98 Å². The summed E-state index contributed by atoms with van der Waals surface area (Å²) in [6, 6.07) is 8.04. The van der Waals surface area contributed by atoms with Gasteiger partial charge in [-0.15, -0.1) is 0 Å². The second-order valence-corrected chi connectivity index (χ2v) is 5.20. The molecule has 2 aromatic carbocycles. The summed E-state index contributed by atoms with van der Waals surface area (Å²) >= 11 is 3.22. The zero-order valence-electron chi connectivity index (χ0n) is 10.1. The van der Waals surface area contributed by atoms with Crippen LogP contribution in [0.2, 0.25) is 0 Å². The number of ketones is 1. The van der Waals surface area contributed by atoms with E-state index in [1.807, 2.05) is 0 Å². The van der Waals surface area contributed by atoms with E-state index in [4.69, 9.17) is 0 Å². The summed E-state index contributed by atoms with van der Waals surface area (Å²) in [4.78, 5) is 15.4. The van der Waals surface area contributed by atoms with E-state index >= 15 is 0 Å². The van der Waals surface area contributed by atoms with Crippen LogP contribution < -0.4 is 0 Å². The SMILES string of the molecule is O=C(c1cc(F)ccc1Br)c1c[nH]c2ccc(F)cc12. The molecule has 3 aromatic rings. The normalized spacial score (nSPS) is 10.9. The Kier molecular flexibility index (Phi) is 3.14. The predicted molar refractivity (Wildman–Crippen MR) is 75.8 cm³/mol. The number of nitrogens with one attached hydrogen (secondary N) is 1. The van der Waals surface area contributed by atoms with Crippen molar-refractivity contribution in [2.75, 3.05) is 0 Å². The maximum absolute atomic E-state index is 13.3. The van der Waals surface area contributed by atoms with E-state index in [2.05, 4.69) is 20.9 Å². The number of carbonyl (C=O) groups excluding carboxylic acids is 1. The van der Waals surface area contributed by atoms with Gasteiger partial charge in [0.15, 0.2) is 5.78 Å². The molecule has 0 atom stereocenters. The van der Waals surface area contributed by atoms with Crippen LogP contribution in [0.25, 0.3) is 10.9 Å². The Balaban J connectivity index is 2.17. The topological polar surface area (TPSA) is 32.9 Å². The minimum absolute atomic E-state index is 0.204. The van der Waals surface area contributed by atoms with Gasteiger partial charge in [0.25, 0.3) is 0 Å². The van der Waals surface area contributed by atoms with Crippen molar-refractivity contribution in [2.45, 2.75) is 0 Å². The number of hydrogen-bond acceptors (Lipinski definition) is 1. The maximum Gasteiger partial charge on any atom is 0.196 e. The van der Waals surface area contributed by atoms with Gasteiger partial charge in [0, 0.05) is 32.7 Å². The number of H-pyrrole nitrogens is 1.